The quantitative estimate of drug-likeness (QED) is 0.862. The fraction of sp³-hybridized carbons (Fsp3) is 0.538. The van der Waals surface area contributed by atoms with Gasteiger partial charge in [-0.15, -0.1) is 0 Å². The number of hydrogen-bond donors (Lipinski definition) is 1. The van der Waals surface area contributed by atoms with Crippen LogP contribution < -0.4 is 4.72 Å². The van der Waals surface area contributed by atoms with Crippen molar-refractivity contribution in [1.29, 1.82) is 0 Å². The third-order valence-electron chi connectivity index (χ3n) is 3.21. The highest BCUT2D eigenvalue weighted by molar-refractivity contribution is 9.09. The summed E-state index contributed by atoms with van der Waals surface area (Å²) in [5.41, 5.74) is 0.826. The molecule has 0 heterocycles. The normalized spacial score (nSPS) is 24.9. The highest BCUT2D eigenvalue weighted by Crippen LogP contribution is 2.25. The van der Waals surface area contributed by atoms with Gasteiger partial charge in [-0.3, -0.25) is 0 Å². The van der Waals surface area contributed by atoms with E-state index in [1.54, 1.807) is 0 Å². The van der Waals surface area contributed by atoms with Gasteiger partial charge in [0.1, 0.15) is 0 Å². The van der Waals surface area contributed by atoms with Crippen molar-refractivity contribution < 1.29 is 8.42 Å². The molecule has 0 saturated heterocycles. The van der Waals surface area contributed by atoms with Crippen molar-refractivity contribution in [2.45, 2.75) is 42.3 Å². The summed E-state index contributed by atoms with van der Waals surface area (Å²) >= 11 is 3.57. The molecule has 3 nitrogen and oxygen atoms in total. The topological polar surface area (TPSA) is 46.2 Å². The second-order valence-electron chi connectivity index (χ2n) is 4.77. The van der Waals surface area contributed by atoms with Crippen LogP contribution in [0.5, 0.6) is 0 Å². The Kier molecular flexibility index (Phi) is 4.81. The van der Waals surface area contributed by atoms with Crippen LogP contribution in [-0.4, -0.2) is 19.3 Å². The van der Waals surface area contributed by atoms with Gasteiger partial charge in [0.2, 0.25) is 10.0 Å². The predicted octanol–water partition coefficient (Wildman–Crippen LogP) is 2.81. The second kappa shape index (κ2) is 6.17. The molecule has 0 bridgehead atoms. The van der Waals surface area contributed by atoms with Crippen LogP contribution in [0, 0.1) is 0 Å². The molecule has 2 atom stereocenters. The fourth-order valence-corrected chi connectivity index (χ4v) is 4.64. The average molecular weight is 332 g/mol. The van der Waals surface area contributed by atoms with E-state index in [0.29, 0.717) is 0 Å². The molecule has 0 radical (unpaired) electrons. The molecular formula is C13H18BrNO2S. The summed E-state index contributed by atoms with van der Waals surface area (Å²) in [7, 11) is -3.25. The zero-order valence-electron chi connectivity index (χ0n) is 10.2. The first-order valence-corrected chi connectivity index (χ1v) is 8.82. The summed E-state index contributed by atoms with van der Waals surface area (Å²) in [6.45, 7) is 0. The summed E-state index contributed by atoms with van der Waals surface area (Å²) in [5.74, 6) is 0.0596. The molecule has 2 unspecified atom stereocenters. The zero-order chi connectivity index (χ0) is 13.0. The monoisotopic (exact) mass is 331 g/mol. The minimum absolute atomic E-state index is 0.0347. The van der Waals surface area contributed by atoms with Gasteiger partial charge in [-0.25, -0.2) is 13.1 Å². The van der Waals surface area contributed by atoms with Crippen LogP contribution in [0.2, 0.25) is 0 Å². The van der Waals surface area contributed by atoms with Gasteiger partial charge in [0.25, 0.3) is 0 Å². The second-order valence-corrected chi connectivity index (χ2v) is 7.70. The van der Waals surface area contributed by atoms with E-state index in [-0.39, 0.29) is 16.6 Å². The first kappa shape index (κ1) is 14.0. The molecule has 0 amide bonds. The molecule has 0 spiro atoms. The molecule has 1 saturated carbocycles. The first-order chi connectivity index (χ1) is 8.57. The molecule has 1 aromatic carbocycles. The average Bonchev–Trinajstić information content (AvgIpc) is 2.32. The van der Waals surface area contributed by atoms with Gasteiger partial charge in [-0.1, -0.05) is 59.1 Å². The summed E-state index contributed by atoms with van der Waals surface area (Å²) < 4.78 is 27.0. The van der Waals surface area contributed by atoms with Crippen LogP contribution in [0.25, 0.3) is 0 Å². The number of benzene rings is 1. The van der Waals surface area contributed by atoms with Crippen molar-refractivity contribution in [3.8, 4) is 0 Å². The van der Waals surface area contributed by atoms with E-state index in [4.69, 9.17) is 0 Å². The Morgan fingerprint density at radius 2 is 1.83 bits per heavy atom. The highest BCUT2D eigenvalue weighted by atomic mass is 79.9. The minimum Gasteiger partial charge on any atom is -0.212 e. The summed E-state index contributed by atoms with van der Waals surface area (Å²) in [4.78, 5) is 0.261. The molecule has 100 valence electrons. The largest absolute Gasteiger partial charge is 0.216 e. The molecule has 5 heteroatoms. The van der Waals surface area contributed by atoms with E-state index in [9.17, 15) is 8.42 Å². The van der Waals surface area contributed by atoms with E-state index in [2.05, 4.69) is 20.7 Å². The number of rotatable bonds is 4. The number of nitrogens with one attached hydrogen (secondary N) is 1. The molecule has 2 rings (SSSR count). The molecule has 1 aromatic rings. The summed E-state index contributed by atoms with van der Waals surface area (Å²) in [6.07, 6.45) is 4.23. The predicted molar refractivity (Wildman–Crippen MR) is 77.2 cm³/mol. The lowest BCUT2D eigenvalue weighted by atomic mass is 9.96. The molecule has 0 aliphatic heterocycles. The van der Waals surface area contributed by atoms with Crippen LogP contribution >= 0.6 is 15.9 Å². The molecule has 1 N–H and O–H groups in total. The van der Waals surface area contributed by atoms with Gasteiger partial charge in [0.05, 0.1) is 5.75 Å². The van der Waals surface area contributed by atoms with Gasteiger partial charge in [-0.05, 0) is 18.4 Å². The zero-order valence-corrected chi connectivity index (χ0v) is 12.6. The standard InChI is InChI=1S/C13H18BrNO2S/c14-12-8-4-5-9-13(12)15-18(16,17)10-11-6-2-1-3-7-11/h1-3,6-7,12-13,15H,4-5,8-10H2. The molecule has 1 aliphatic rings. The van der Waals surface area contributed by atoms with Crippen molar-refractivity contribution >= 4 is 26.0 Å². The Morgan fingerprint density at radius 3 is 2.50 bits per heavy atom. The first-order valence-electron chi connectivity index (χ1n) is 6.25. The van der Waals surface area contributed by atoms with Gasteiger partial charge in [0.15, 0.2) is 0 Å². The van der Waals surface area contributed by atoms with Gasteiger partial charge >= 0.3 is 0 Å². The van der Waals surface area contributed by atoms with E-state index >= 15 is 0 Å². The minimum atomic E-state index is -3.25. The Hall–Kier alpha value is -0.390. The SMILES string of the molecule is O=S(=O)(Cc1ccccc1)NC1CCCCC1Br. The Morgan fingerprint density at radius 1 is 1.17 bits per heavy atom. The molecule has 18 heavy (non-hydrogen) atoms. The molecule has 1 aliphatic carbocycles. The van der Waals surface area contributed by atoms with E-state index in [1.807, 2.05) is 30.3 Å². The number of halogens is 1. The van der Waals surface area contributed by atoms with Crippen LogP contribution in [0.1, 0.15) is 31.2 Å². The summed E-state index contributed by atoms with van der Waals surface area (Å²) in [6, 6.07) is 9.32. The van der Waals surface area contributed by atoms with Crippen molar-refractivity contribution in [1.82, 2.24) is 4.72 Å². The lowest BCUT2D eigenvalue weighted by molar-refractivity contribution is 0.427. The van der Waals surface area contributed by atoms with E-state index in [0.717, 1.165) is 24.8 Å². The maximum Gasteiger partial charge on any atom is 0.216 e. The van der Waals surface area contributed by atoms with Crippen molar-refractivity contribution in [2.75, 3.05) is 0 Å². The lowest BCUT2D eigenvalue weighted by Gasteiger charge is -2.27. The number of alkyl halides is 1. The third-order valence-corrected chi connectivity index (χ3v) is 5.68. The van der Waals surface area contributed by atoms with Gasteiger partial charge in [0, 0.05) is 10.9 Å². The van der Waals surface area contributed by atoms with Crippen molar-refractivity contribution in [3.63, 3.8) is 0 Å². The Labute approximate surface area is 117 Å². The Bertz CT molecular complexity index is 475. The van der Waals surface area contributed by atoms with Crippen molar-refractivity contribution in [3.05, 3.63) is 35.9 Å². The lowest BCUT2D eigenvalue weighted by Crippen LogP contribution is -2.42. The van der Waals surface area contributed by atoms with Crippen LogP contribution in [0.15, 0.2) is 30.3 Å². The maximum absolute atomic E-state index is 12.1. The molecule has 0 aromatic heterocycles. The smallest absolute Gasteiger partial charge is 0.212 e. The summed E-state index contributed by atoms with van der Waals surface area (Å²) in [5, 5.41) is 0. The third kappa shape index (κ3) is 4.07. The fourth-order valence-electron chi connectivity index (χ4n) is 2.28. The van der Waals surface area contributed by atoms with E-state index in [1.165, 1.54) is 6.42 Å². The van der Waals surface area contributed by atoms with Crippen LogP contribution in [0.4, 0.5) is 0 Å². The molecular weight excluding hydrogens is 314 g/mol. The van der Waals surface area contributed by atoms with Gasteiger partial charge < -0.3 is 0 Å². The number of hydrogen-bond acceptors (Lipinski definition) is 2. The van der Waals surface area contributed by atoms with Crippen molar-refractivity contribution in [2.24, 2.45) is 0 Å². The van der Waals surface area contributed by atoms with Crippen LogP contribution in [0.3, 0.4) is 0 Å². The van der Waals surface area contributed by atoms with Gasteiger partial charge in [-0.2, -0.15) is 0 Å². The van der Waals surface area contributed by atoms with Crippen LogP contribution in [-0.2, 0) is 15.8 Å². The highest BCUT2D eigenvalue weighted by Gasteiger charge is 2.26. The number of sulfonamides is 1. The maximum atomic E-state index is 12.1. The van der Waals surface area contributed by atoms with E-state index < -0.39 is 10.0 Å². The Balaban J connectivity index is 1.99. The molecule has 1 fully saturated rings.